The molecule has 0 atom stereocenters. The largest absolute Gasteiger partial charge is 0.497 e. The van der Waals surface area contributed by atoms with Gasteiger partial charge in [0.2, 0.25) is 5.91 Å². The van der Waals surface area contributed by atoms with E-state index < -0.39 is 5.91 Å². The lowest BCUT2D eigenvalue weighted by Crippen LogP contribution is -2.26. The van der Waals surface area contributed by atoms with Crippen molar-refractivity contribution in [2.75, 3.05) is 7.11 Å². The van der Waals surface area contributed by atoms with Gasteiger partial charge in [0.25, 0.3) is 11.8 Å². The van der Waals surface area contributed by atoms with E-state index in [4.69, 9.17) is 9.94 Å². The highest BCUT2D eigenvalue weighted by molar-refractivity contribution is 6.24. The second-order valence-electron chi connectivity index (χ2n) is 8.89. The van der Waals surface area contributed by atoms with Crippen molar-refractivity contribution in [3.63, 3.8) is 0 Å². The highest BCUT2D eigenvalue weighted by atomic mass is 16.5. The molecule has 0 saturated heterocycles. The van der Waals surface area contributed by atoms with Gasteiger partial charge in [-0.3, -0.25) is 19.6 Å². The molecule has 3 aromatic carbocycles. The first kappa shape index (κ1) is 26.4. The summed E-state index contributed by atoms with van der Waals surface area (Å²) >= 11 is 0. The number of ether oxygens (including phenoxy) is 1. The first-order valence-corrected chi connectivity index (χ1v) is 12.2. The predicted octanol–water partition coefficient (Wildman–Crippen LogP) is 3.96. The number of hydrogen-bond donors (Lipinski definition) is 4. The van der Waals surface area contributed by atoms with Crippen LogP contribution < -0.4 is 20.9 Å². The molecule has 0 aliphatic heterocycles. The van der Waals surface area contributed by atoms with Crippen molar-refractivity contribution in [2.45, 2.75) is 25.4 Å². The minimum Gasteiger partial charge on any atom is -0.497 e. The Morgan fingerprint density at radius 3 is 2.32 bits per heavy atom. The van der Waals surface area contributed by atoms with E-state index in [9.17, 15) is 14.4 Å². The number of carbonyl (C=O) groups is 3. The number of rotatable bonds is 10. The van der Waals surface area contributed by atoms with Gasteiger partial charge in [0.05, 0.1) is 7.11 Å². The lowest BCUT2D eigenvalue weighted by atomic mass is 10.0. The molecule has 0 unspecified atom stereocenters. The van der Waals surface area contributed by atoms with Crippen LogP contribution in [0.5, 0.6) is 5.75 Å². The molecule has 194 valence electrons. The smallest absolute Gasteiger partial charge is 0.274 e. The summed E-state index contributed by atoms with van der Waals surface area (Å²) < 4.78 is 5.33. The van der Waals surface area contributed by atoms with Crippen LogP contribution in [0.4, 0.5) is 0 Å². The molecule has 0 spiro atoms. The third-order valence-electron chi connectivity index (χ3n) is 6.00. The zero-order chi connectivity index (χ0) is 26.9. The standard InChI is InChI=1S/C30H29N3O5/c1-38-26-4-2-3-24(18-26)27(30(36)32-25-14-15-25)17-21-7-5-20(6-8-21)11-16-28(34)31-19-22-9-12-23(13-10-22)29(35)33-37/h2-13,16-18,25,37H,14-15,19H2,1H3,(H,31,34)(H,32,36)(H,33,35)/b16-11+,27-17+. The van der Waals surface area contributed by atoms with Gasteiger partial charge in [0.15, 0.2) is 0 Å². The van der Waals surface area contributed by atoms with Crippen molar-refractivity contribution in [2.24, 2.45) is 0 Å². The zero-order valence-corrected chi connectivity index (χ0v) is 20.9. The van der Waals surface area contributed by atoms with Crippen LogP contribution in [0.25, 0.3) is 17.7 Å². The van der Waals surface area contributed by atoms with Gasteiger partial charge in [-0.2, -0.15) is 0 Å². The summed E-state index contributed by atoms with van der Waals surface area (Å²) in [5.74, 6) is -0.295. The summed E-state index contributed by atoms with van der Waals surface area (Å²) in [6, 6.07) is 21.7. The lowest BCUT2D eigenvalue weighted by molar-refractivity contribution is -0.117. The summed E-state index contributed by atoms with van der Waals surface area (Å²) in [6.45, 7) is 0.296. The molecule has 1 saturated carbocycles. The van der Waals surface area contributed by atoms with E-state index in [0.29, 0.717) is 23.4 Å². The van der Waals surface area contributed by atoms with E-state index in [2.05, 4.69) is 10.6 Å². The number of benzene rings is 3. The van der Waals surface area contributed by atoms with Gasteiger partial charge in [-0.05, 0) is 71.5 Å². The molecule has 0 radical (unpaired) electrons. The highest BCUT2D eigenvalue weighted by Crippen LogP contribution is 2.26. The average Bonchev–Trinajstić information content (AvgIpc) is 3.78. The molecule has 4 rings (SSSR count). The molecule has 38 heavy (non-hydrogen) atoms. The molecule has 0 heterocycles. The van der Waals surface area contributed by atoms with Crippen LogP contribution in [0.1, 0.15) is 45.5 Å². The van der Waals surface area contributed by atoms with E-state index in [1.807, 2.05) is 54.6 Å². The monoisotopic (exact) mass is 511 g/mol. The van der Waals surface area contributed by atoms with Crippen LogP contribution in [0.3, 0.4) is 0 Å². The number of amides is 3. The summed E-state index contributed by atoms with van der Waals surface area (Å²) in [7, 11) is 1.59. The van der Waals surface area contributed by atoms with Crippen LogP contribution in [0.2, 0.25) is 0 Å². The van der Waals surface area contributed by atoms with Crippen molar-refractivity contribution in [1.29, 1.82) is 0 Å². The molecular weight excluding hydrogens is 482 g/mol. The molecule has 1 aliphatic rings. The van der Waals surface area contributed by atoms with Crippen LogP contribution in [0.15, 0.2) is 78.9 Å². The second kappa shape index (κ2) is 12.5. The molecule has 8 nitrogen and oxygen atoms in total. The van der Waals surface area contributed by atoms with Gasteiger partial charge in [-0.15, -0.1) is 0 Å². The Bertz CT molecular complexity index is 1360. The normalized spacial score (nSPS) is 13.2. The number of hydrogen-bond acceptors (Lipinski definition) is 5. The Kier molecular flexibility index (Phi) is 8.69. The third-order valence-corrected chi connectivity index (χ3v) is 6.00. The molecule has 1 fully saturated rings. The van der Waals surface area contributed by atoms with Crippen LogP contribution in [0, 0.1) is 0 Å². The Morgan fingerprint density at radius 2 is 1.66 bits per heavy atom. The highest BCUT2D eigenvalue weighted by Gasteiger charge is 2.25. The summed E-state index contributed by atoms with van der Waals surface area (Å²) in [6.07, 6.45) is 7.01. The van der Waals surface area contributed by atoms with E-state index in [-0.39, 0.29) is 17.9 Å². The SMILES string of the molecule is COc1cccc(/C(=C\c2ccc(/C=C/C(=O)NCc3ccc(C(=O)NO)cc3)cc2)C(=O)NC2CC2)c1. The number of methoxy groups -OCH3 is 1. The Labute approximate surface area is 221 Å². The Balaban J connectivity index is 1.39. The van der Waals surface area contributed by atoms with Crippen LogP contribution in [-0.2, 0) is 16.1 Å². The van der Waals surface area contributed by atoms with Crippen molar-refractivity contribution >= 4 is 35.4 Å². The maximum absolute atomic E-state index is 13.0. The van der Waals surface area contributed by atoms with Crippen molar-refractivity contribution in [3.8, 4) is 5.75 Å². The summed E-state index contributed by atoms with van der Waals surface area (Å²) in [5.41, 5.74) is 5.73. The van der Waals surface area contributed by atoms with Crippen molar-refractivity contribution < 1.29 is 24.3 Å². The van der Waals surface area contributed by atoms with Crippen molar-refractivity contribution in [3.05, 3.63) is 107 Å². The number of carbonyl (C=O) groups excluding carboxylic acids is 3. The molecule has 0 aromatic heterocycles. The van der Waals surface area contributed by atoms with E-state index >= 15 is 0 Å². The maximum atomic E-state index is 13.0. The zero-order valence-electron chi connectivity index (χ0n) is 20.9. The fourth-order valence-corrected chi connectivity index (χ4v) is 3.69. The van der Waals surface area contributed by atoms with Crippen molar-refractivity contribution in [1.82, 2.24) is 16.1 Å². The topological polar surface area (TPSA) is 117 Å². The number of nitrogens with one attached hydrogen (secondary N) is 3. The third kappa shape index (κ3) is 7.41. The fourth-order valence-electron chi connectivity index (χ4n) is 3.69. The lowest BCUT2D eigenvalue weighted by Gasteiger charge is -2.10. The van der Waals surface area contributed by atoms with E-state index in [0.717, 1.165) is 35.1 Å². The van der Waals surface area contributed by atoms with Gasteiger partial charge in [-0.25, -0.2) is 5.48 Å². The maximum Gasteiger partial charge on any atom is 0.274 e. The van der Waals surface area contributed by atoms with Gasteiger partial charge in [0.1, 0.15) is 5.75 Å². The first-order chi connectivity index (χ1) is 18.4. The van der Waals surface area contributed by atoms with Gasteiger partial charge in [0, 0.05) is 29.8 Å². The molecule has 4 N–H and O–H groups in total. The Hall–Kier alpha value is -4.69. The quantitative estimate of drug-likeness (QED) is 0.142. The van der Waals surface area contributed by atoms with Gasteiger partial charge in [-0.1, -0.05) is 48.5 Å². The van der Waals surface area contributed by atoms with Crippen LogP contribution >= 0.6 is 0 Å². The Morgan fingerprint density at radius 1 is 0.947 bits per heavy atom. The molecule has 1 aliphatic carbocycles. The van der Waals surface area contributed by atoms with Crippen LogP contribution in [-0.4, -0.2) is 36.1 Å². The number of hydroxylamine groups is 1. The fraction of sp³-hybridized carbons (Fsp3) is 0.167. The molecule has 0 bridgehead atoms. The minimum absolute atomic E-state index is 0.118. The van der Waals surface area contributed by atoms with E-state index in [1.165, 1.54) is 6.08 Å². The molecular formula is C30H29N3O5. The van der Waals surface area contributed by atoms with Gasteiger partial charge < -0.3 is 15.4 Å². The summed E-state index contributed by atoms with van der Waals surface area (Å²) in [4.78, 5) is 36.6. The first-order valence-electron chi connectivity index (χ1n) is 12.2. The second-order valence-corrected chi connectivity index (χ2v) is 8.89. The van der Waals surface area contributed by atoms with E-state index in [1.54, 1.807) is 42.9 Å². The molecule has 8 heteroatoms. The average molecular weight is 512 g/mol. The summed E-state index contributed by atoms with van der Waals surface area (Å²) in [5, 5.41) is 14.5. The molecule has 3 aromatic rings. The molecule has 3 amide bonds. The predicted molar refractivity (Wildman–Crippen MR) is 145 cm³/mol. The van der Waals surface area contributed by atoms with Gasteiger partial charge >= 0.3 is 0 Å². The minimum atomic E-state index is -0.594.